The van der Waals surface area contributed by atoms with Crippen molar-refractivity contribution >= 4 is 5.69 Å². The Labute approximate surface area is 186 Å². The number of hydrogen-bond donors (Lipinski definition) is 0. The summed E-state index contributed by atoms with van der Waals surface area (Å²) in [5, 5.41) is 12.8. The maximum absolute atomic E-state index is 13.3. The molecular formula is C25H25FN6. The third-order valence-corrected chi connectivity index (χ3v) is 5.97. The Balaban J connectivity index is 1.40. The average Bonchev–Trinajstić information content (AvgIpc) is 3.29. The van der Waals surface area contributed by atoms with Crippen LogP contribution in [0.5, 0.6) is 0 Å². The van der Waals surface area contributed by atoms with Crippen molar-refractivity contribution in [3.8, 4) is 0 Å². The molecule has 0 bridgehead atoms. The average molecular weight is 429 g/mol. The van der Waals surface area contributed by atoms with Gasteiger partial charge in [0.2, 0.25) is 0 Å². The second-order valence-corrected chi connectivity index (χ2v) is 7.99. The molecule has 0 saturated carbocycles. The third-order valence-electron chi connectivity index (χ3n) is 5.97. The maximum atomic E-state index is 13.3. The van der Waals surface area contributed by atoms with Gasteiger partial charge in [0.25, 0.3) is 0 Å². The van der Waals surface area contributed by atoms with Crippen molar-refractivity contribution in [3.63, 3.8) is 0 Å². The van der Waals surface area contributed by atoms with Crippen molar-refractivity contribution in [2.75, 3.05) is 31.1 Å². The molecule has 1 aromatic heterocycles. The standard InChI is InChI=1S/C25H25FN6/c26-22-11-13-23(14-12-22)30-15-17-31(18-16-30)24(21-9-5-2-6-10-21)25-27-28-29-32(25)19-20-7-3-1-4-8-20/h1-14,24H,15-19H2/t24-/m0/s1. The van der Waals surface area contributed by atoms with Crippen LogP contribution < -0.4 is 4.90 Å². The Kier molecular flexibility index (Phi) is 5.89. The minimum absolute atomic E-state index is 0.0368. The lowest BCUT2D eigenvalue weighted by molar-refractivity contribution is 0.201. The van der Waals surface area contributed by atoms with Crippen LogP contribution in [0, 0.1) is 5.82 Å². The van der Waals surface area contributed by atoms with Crippen LogP contribution >= 0.6 is 0 Å². The molecule has 4 aromatic rings. The van der Waals surface area contributed by atoms with Gasteiger partial charge in [0.15, 0.2) is 5.82 Å². The predicted molar refractivity (Wildman–Crippen MR) is 122 cm³/mol. The Hall–Kier alpha value is -3.58. The molecule has 0 amide bonds. The number of anilines is 1. The highest BCUT2D eigenvalue weighted by molar-refractivity contribution is 5.46. The molecule has 3 aromatic carbocycles. The van der Waals surface area contributed by atoms with Crippen molar-refractivity contribution in [2.24, 2.45) is 0 Å². The predicted octanol–water partition coefficient (Wildman–Crippen LogP) is 3.77. The van der Waals surface area contributed by atoms with Gasteiger partial charge >= 0.3 is 0 Å². The second kappa shape index (κ2) is 9.28. The molecule has 0 aliphatic carbocycles. The van der Waals surface area contributed by atoms with E-state index in [1.807, 2.05) is 41.1 Å². The molecule has 0 spiro atoms. The van der Waals surface area contributed by atoms with Gasteiger partial charge in [-0.2, -0.15) is 0 Å². The fraction of sp³-hybridized carbons (Fsp3) is 0.240. The van der Waals surface area contributed by atoms with Crippen LogP contribution in [-0.2, 0) is 6.54 Å². The molecule has 1 fully saturated rings. The van der Waals surface area contributed by atoms with Crippen molar-refractivity contribution < 1.29 is 4.39 Å². The van der Waals surface area contributed by atoms with E-state index in [2.05, 4.69) is 61.7 Å². The van der Waals surface area contributed by atoms with E-state index in [-0.39, 0.29) is 11.9 Å². The van der Waals surface area contributed by atoms with E-state index in [9.17, 15) is 4.39 Å². The van der Waals surface area contributed by atoms with Gasteiger partial charge < -0.3 is 4.90 Å². The monoisotopic (exact) mass is 428 g/mol. The smallest absolute Gasteiger partial charge is 0.173 e. The molecule has 7 heteroatoms. The van der Waals surface area contributed by atoms with Crippen LogP contribution in [0.25, 0.3) is 0 Å². The molecular weight excluding hydrogens is 403 g/mol. The molecule has 1 saturated heterocycles. The van der Waals surface area contributed by atoms with Crippen molar-refractivity contribution in [2.45, 2.75) is 12.6 Å². The molecule has 162 valence electrons. The highest BCUT2D eigenvalue weighted by Gasteiger charge is 2.30. The first kappa shape index (κ1) is 20.3. The van der Waals surface area contributed by atoms with Gasteiger partial charge in [0.1, 0.15) is 5.82 Å². The summed E-state index contributed by atoms with van der Waals surface area (Å²) < 4.78 is 15.2. The summed E-state index contributed by atoms with van der Waals surface area (Å²) in [4.78, 5) is 4.73. The van der Waals surface area contributed by atoms with E-state index in [0.29, 0.717) is 6.54 Å². The van der Waals surface area contributed by atoms with Gasteiger partial charge in [-0.3, -0.25) is 4.90 Å². The van der Waals surface area contributed by atoms with Crippen molar-refractivity contribution in [1.82, 2.24) is 25.1 Å². The molecule has 0 unspecified atom stereocenters. The lowest BCUT2D eigenvalue weighted by Crippen LogP contribution is -2.48. The first-order chi connectivity index (χ1) is 15.8. The van der Waals surface area contributed by atoms with Crippen LogP contribution in [-0.4, -0.2) is 51.3 Å². The summed E-state index contributed by atoms with van der Waals surface area (Å²) in [5.41, 5.74) is 3.39. The largest absolute Gasteiger partial charge is 0.369 e. The molecule has 5 rings (SSSR count). The van der Waals surface area contributed by atoms with E-state index in [1.54, 1.807) is 0 Å². The molecule has 0 N–H and O–H groups in total. The number of hydrogen-bond acceptors (Lipinski definition) is 5. The zero-order chi connectivity index (χ0) is 21.8. The van der Waals surface area contributed by atoms with Gasteiger partial charge in [-0.25, -0.2) is 9.07 Å². The van der Waals surface area contributed by atoms with E-state index >= 15 is 0 Å². The van der Waals surface area contributed by atoms with Crippen LogP contribution in [0.4, 0.5) is 10.1 Å². The van der Waals surface area contributed by atoms with Gasteiger partial charge in [-0.1, -0.05) is 60.7 Å². The van der Waals surface area contributed by atoms with Crippen molar-refractivity contribution in [3.05, 3.63) is 108 Å². The number of tetrazole rings is 1. The molecule has 32 heavy (non-hydrogen) atoms. The van der Waals surface area contributed by atoms with Gasteiger partial charge in [0, 0.05) is 31.9 Å². The molecule has 2 heterocycles. The fourth-order valence-corrected chi connectivity index (χ4v) is 4.33. The lowest BCUT2D eigenvalue weighted by atomic mass is 10.0. The summed E-state index contributed by atoms with van der Waals surface area (Å²) in [6.45, 7) is 4.05. The number of benzene rings is 3. The number of aromatic nitrogens is 4. The summed E-state index contributed by atoms with van der Waals surface area (Å²) in [6, 6.07) is 27.4. The van der Waals surface area contributed by atoms with Gasteiger partial charge in [-0.05, 0) is 45.8 Å². The summed E-state index contributed by atoms with van der Waals surface area (Å²) in [7, 11) is 0. The van der Waals surface area contributed by atoms with E-state index in [4.69, 9.17) is 0 Å². The lowest BCUT2D eigenvalue weighted by Gasteiger charge is -2.39. The highest BCUT2D eigenvalue weighted by Crippen LogP contribution is 2.29. The summed E-state index contributed by atoms with van der Waals surface area (Å²) in [5.74, 6) is 0.636. The quantitative estimate of drug-likeness (QED) is 0.468. The van der Waals surface area contributed by atoms with Gasteiger partial charge in [-0.15, -0.1) is 5.10 Å². The zero-order valence-corrected chi connectivity index (χ0v) is 17.8. The first-order valence-corrected chi connectivity index (χ1v) is 10.9. The van der Waals surface area contributed by atoms with Crippen LogP contribution in [0.1, 0.15) is 23.0 Å². The SMILES string of the molecule is Fc1ccc(N2CCN([C@@H](c3ccccc3)c3nnnn3Cc3ccccc3)CC2)cc1. The first-order valence-electron chi connectivity index (χ1n) is 10.9. The Morgan fingerprint density at radius 1 is 0.781 bits per heavy atom. The molecule has 1 atom stereocenters. The number of piperazine rings is 1. The topological polar surface area (TPSA) is 50.1 Å². The minimum atomic E-state index is -0.207. The van der Waals surface area contributed by atoms with E-state index in [1.165, 1.54) is 17.7 Å². The molecule has 0 radical (unpaired) electrons. The number of rotatable bonds is 6. The number of halogens is 1. The normalized spacial score (nSPS) is 15.6. The van der Waals surface area contributed by atoms with Gasteiger partial charge in [0.05, 0.1) is 12.6 Å². The minimum Gasteiger partial charge on any atom is -0.369 e. The van der Waals surface area contributed by atoms with E-state index in [0.717, 1.165) is 43.3 Å². The Morgan fingerprint density at radius 2 is 1.44 bits per heavy atom. The number of nitrogens with zero attached hydrogens (tertiary/aromatic N) is 6. The highest BCUT2D eigenvalue weighted by atomic mass is 19.1. The molecule has 1 aliphatic rings. The van der Waals surface area contributed by atoms with Crippen LogP contribution in [0.15, 0.2) is 84.9 Å². The van der Waals surface area contributed by atoms with Crippen molar-refractivity contribution in [1.29, 1.82) is 0 Å². The van der Waals surface area contributed by atoms with Crippen LogP contribution in [0.3, 0.4) is 0 Å². The summed E-state index contributed by atoms with van der Waals surface area (Å²) in [6.07, 6.45) is 0. The third kappa shape index (κ3) is 4.38. The fourth-order valence-electron chi connectivity index (χ4n) is 4.33. The maximum Gasteiger partial charge on any atom is 0.173 e. The van der Waals surface area contributed by atoms with E-state index < -0.39 is 0 Å². The second-order valence-electron chi connectivity index (χ2n) is 7.99. The Bertz CT molecular complexity index is 1120. The molecule has 6 nitrogen and oxygen atoms in total. The molecule has 1 aliphatic heterocycles. The zero-order valence-electron chi connectivity index (χ0n) is 17.8. The summed E-state index contributed by atoms with van der Waals surface area (Å²) >= 11 is 0. The van der Waals surface area contributed by atoms with Crippen LogP contribution in [0.2, 0.25) is 0 Å². The Morgan fingerprint density at radius 3 is 2.12 bits per heavy atom.